The van der Waals surface area contributed by atoms with Gasteiger partial charge in [0.1, 0.15) is 5.75 Å². The minimum absolute atomic E-state index is 0.0803. The predicted molar refractivity (Wildman–Crippen MR) is 76.7 cm³/mol. The quantitative estimate of drug-likeness (QED) is 0.561. The van der Waals surface area contributed by atoms with Crippen LogP contribution >= 0.6 is 0 Å². The molecule has 2 nitrogen and oxygen atoms in total. The number of phenolic OH excluding ortho intramolecular Hbond substituents is 1. The van der Waals surface area contributed by atoms with E-state index in [-0.39, 0.29) is 11.3 Å². The monoisotopic (exact) mass is 237 g/mol. The van der Waals surface area contributed by atoms with Gasteiger partial charge in [0.15, 0.2) is 0 Å². The van der Waals surface area contributed by atoms with Crippen LogP contribution in [0.5, 0.6) is 5.75 Å². The molecule has 98 valence electrons. The van der Waals surface area contributed by atoms with Gasteiger partial charge in [0.2, 0.25) is 0 Å². The molecule has 1 aromatic carbocycles. The molecule has 0 aliphatic rings. The van der Waals surface area contributed by atoms with Crippen molar-refractivity contribution < 1.29 is 5.11 Å². The smallest absolute Gasteiger partial charge is 0.122 e. The van der Waals surface area contributed by atoms with Crippen molar-refractivity contribution in [3.8, 4) is 5.75 Å². The normalized spacial score (nSPS) is 11.1. The van der Waals surface area contributed by atoms with Crippen molar-refractivity contribution in [1.29, 1.82) is 0 Å². The molecule has 0 aliphatic carbocycles. The summed E-state index contributed by atoms with van der Waals surface area (Å²) in [6, 6.07) is 3.72. The number of hydrogen-bond donors (Lipinski definition) is 2. The Hall–Kier alpha value is -1.18. The van der Waals surface area contributed by atoms with E-state index in [0.717, 1.165) is 16.8 Å². The Balaban J connectivity index is 0.00000121. The molecule has 0 aromatic heterocycles. The van der Waals surface area contributed by atoms with E-state index >= 15 is 0 Å². The van der Waals surface area contributed by atoms with Gasteiger partial charge in [-0.05, 0) is 29.0 Å². The van der Waals surface area contributed by atoms with Gasteiger partial charge >= 0.3 is 0 Å². The molecule has 0 heterocycles. The SMILES string of the molecule is CC.CC(C)c1cc(N)cc(C(C)(C)C)c1O. The second kappa shape index (κ2) is 5.95. The van der Waals surface area contributed by atoms with Gasteiger partial charge in [-0.1, -0.05) is 48.5 Å². The van der Waals surface area contributed by atoms with Crippen LogP contribution in [0.1, 0.15) is 65.5 Å². The van der Waals surface area contributed by atoms with Crippen LogP contribution in [0.4, 0.5) is 5.69 Å². The summed E-state index contributed by atoms with van der Waals surface area (Å²) in [7, 11) is 0. The average Bonchev–Trinajstić information content (AvgIpc) is 2.22. The number of hydrogen-bond acceptors (Lipinski definition) is 2. The molecule has 0 saturated heterocycles. The summed E-state index contributed by atoms with van der Waals surface area (Å²) in [6.07, 6.45) is 0. The van der Waals surface area contributed by atoms with E-state index in [2.05, 4.69) is 34.6 Å². The van der Waals surface area contributed by atoms with Gasteiger partial charge < -0.3 is 10.8 Å². The van der Waals surface area contributed by atoms with Crippen LogP contribution < -0.4 is 5.73 Å². The first-order chi connectivity index (χ1) is 7.73. The average molecular weight is 237 g/mol. The molecule has 3 N–H and O–H groups in total. The van der Waals surface area contributed by atoms with Crippen LogP contribution in [-0.4, -0.2) is 5.11 Å². The van der Waals surface area contributed by atoms with Crippen molar-refractivity contribution in [2.24, 2.45) is 0 Å². The van der Waals surface area contributed by atoms with Gasteiger partial charge in [0.25, 0.3) is 0 Å². The van der Waals surface area contributed by atoms with Crippen molar-refractivity contribution in [1.82, 2.24) is 0 Å². The molecule has 0 bridgehead atoms. The summed E-state index contributed by atoms with van der Waals surface area (Å²) in [4.78, 5) is 0. The third kappa shape index (κ3) is 3.95. The fourth-order valence-corrected chi connectivity index (χ4v) is 1.69. The lowest BCUT2D eigenvalue weighted by Crippen LogP contribution is -2.13. The Kier molecular flexibility index (Phi) is 5.53. The fraction of sp³-hybridized carbons (Fsp3) is 0.600. The lowest BCUT2D eigenvalue weighted by Gasteiger charge is -2.23. The fourth-order valence-electron chi connectivity index (χ4n) is 1.69. The van der Waals surface area contributed by atoms with Crippen LogP contribution in [0.2, 0.25) is 0 Å². The first-order valence-corrected chi connectivity index (χ1v) is 6.36. The standard InChI is InChI=1S/C13H21NO.C2H6/c1-8(2)10-6-9(14)7-11(12(10)15)13(3,4)5;1-2/h6-8,15H,14H2,1-5H3;1-2H3. The van der Waals surface area contributed by atoms with Gasteiger partial charge in [-0.15, -0.1) is 0 Å². The van der Waals surface area contributed by atoms with E-state index in [0.29, 0.717) is 5.75 Å². The minimum Gasteiger partial charge on any atom is -0.507 e. The summed E-state index contributed by atoms with van der Waals surface area (Å²) >= 11 is 0. The topological polar surface area (TPSA) is 46.2 Å². The molecule has 0 atom stereocenters. The van der Waals surface area contributed by atoms with Crippen LogP contribution in [0.15, 0.2) is 12.1 Å². The molecule has 0 unspecified atom stereocenters. The third-order valence-corrected chi connectivity index (χ3v) is 2.59. The van der Waals surface area contributed by atoms with Crippen molar-refractivity contribution in [2.45, 2.75) is 59.8 Å². The van der Waals surface area contributed by atoms with Crippen LogP contribution in [0.3, 0.4) is 0 Å². The van der Waals surface area contributed by atoms with Crippen LogP contribution in [0, 0.1) is 0 Å². The van der Waals surface area contributed by atoms with Crippen molar-refractivity contribution in [3.05, 3.63) is 23.3 Å². The molecule has 1 aromatic rings. The molecular formula is C15H27NO. The predicted octanol–water partition coefficient (Wildman–Crippen LogP) is 4.42. The van der Waals surface area contributed by atoms with Crippen LogP contribution in [-0.2, 0) is 5.41 Å². The minimum atomic E-state index is -0.0803. The van der Waals surface area contributed by atoms with Crippen molar-refractivity contribution in [3.63, 3.8) is 0 Å². The van der Waals surface area contributed by atoms with Crippen LogP contribution in [0.25, 0.3) is 0 Å². The second-order valence-corrected chi connectivity index (χ2v) is 5.41. The highest BCUT2D eigenvalue weighted by Crippen LogP contribution is 2.38. The lowest BCUT2D eigenvalue weighted by molar-refractivity contribution is 0.438. The summed E-state index contributed by atoms with van der Waals surface area (Å²) in [5, 5.41) is 10.2. The van der Waals surface area contributed by atoms with Crippen molar-refractivity contribution in [2.75, 3.05) is 5.73 Å². The van der Waals surface area contributed by atoms with E-state index in [4.69, 9.17) is 5.73 Å². The Morgan fingerprint density at radius 2 is 1.59 bits per heavy atom. The van der Waals surface area contributed by atoms with E-state index < -0.39 is 0 Å². The molecule has 1 rings (SSSR count). The zero-order valence-corrected chi connectivity index (χ0v) is 12.3. The number of nitrogen functional groups attached to an aromatic ring is 1. The maximum Gasteiger partial charge on any atom is 0.122 e. The summed E-state index contributed by atoms with van der Waals surface area (Å²) in [6.45, 7) is 14.3. The van der Waals surface area contributed by atoms with Gasteiger partial charge in [-0.25, -0.2) is 0 Å². The summed E-state index contributed by atoms with van der Waals surface area (Å²) in [5.74, 6) is 0.682. The highest BCUT2D eigenvalue weighted by molar-refractivity contribution is 5.55. The maximum absolute atomic E-state index is 10.2. The Morgan fingerprint density at radius 1 is 1.12 bits per heavy atom. The van der Waals surface area contributed by atoms with Gasteiger partial charge in [-0.2, -0.15) is 0 Å². The molecule has 0 amide bonds. The molecule has 17 heavy (non-hydrogen) atoms. The molecule has 0 aliphatic heterocycles. The number of benzene rings is 1. The summed E-state index contributed by atoms with van der Waals surface area (Å²) < 4.78 is 0. The summed E-state index contributed by atoms with van der Waals surface area (Å²) in [5.41, 5.74) is 8.35. The number of nitrogens with two attached hydrogens (primary N) is 1. The van der Waals surface area contributed by atoms with Gasteiger partial charge in [-0.3, -0.25) is 0 Å². The zero-order chi connectivity index (χ0) is 13.8. The number of rotatable bonds is 1. The van der Waals surface area contributed by atoms with E-state index in [1.165, 1.54) is 0 Å². The highest BCUT2D eigenvalue weighted by atomic mass is 16.3. The Morgan fingerprint density at radius 3 is 1.94 bits per heavy atom. The van der Waals surface area contributed by atoms with Gasteiger partial charge in [0.05, 0.1) is 0 Å². The molecule has 0 fully saturated rings. The van der Waals surface area contributed by atoms with Crippen molar-refractivity contribution >= 4 is 5.69 Å². The largest absolute Gasteiger partial charge is 0.507 e. The molecule has 0 saturated carbocycles. The molecule has 2 heteroatoms. The number of anilines is 1. The highest BCUT2D eigenvalue weighted by Gasteiger charge is 2.21. The zero-order valence-electron chi connectivity index (χ0n) is 12.3. The van der Waals surface area contributed by atoms with Gasteiger partial charge in [0, 0.05) is 11.3 Å². The van der Waals surface area contributed by atoms with E-state index in [9.17, 15) is 5.11 Å². The van der Waals surface area contributed by atoms with E-state index in [1.807, 2.05) is 26.0 Å². The second-order valence-electron chi connectivity index (χ2n) is 5.41. The Bertz CT molecular complexity index is 362. The number of phenols is 1. The first kappa shape index (κ1) is 15.8. The molecule has 0 spiro atoms. The molecule has 0 radical (unpaired) electrons. The molecular weight excluding hydrogens is 210 g/mol. The lowest BCUT2D eigenvalue weighted by atomic mass is 9.83. The Labute approximate surface area is 106 Å². The first-order valence-electron chi connectivity index (χ1n) is 6.36. The maximum atomic E-state index is 10.2. The van der Waals surface area contributed by atoms with E-state index in [1.54, 1.807) is 0 Å². The third-order valence-electron chi connectivity index (χ3n) is 2.59. The number of aromatic hydroxyl groups is 1.